The molecule has 0 aliphatic heterocycles. The second-order valence-corrected chi connectivity index (χ2v) is 5.56. The second-order valence-electron chi connectivity index (χ2n) is 5.56. The van der Waals surface area contributed by atoms with E-state index in [0.717, 1.165) is 0 Å². The van der Waals surface area contributed by atoms with Gasteiger partial charge in [0.1, 0.15) is 17.6 Å². The predicted octanol–water partition coefficient (Wildman–Crippen LogP) is 1.68. The lowest BCUT2D eigenvalue weighted by Crippen LogP contribution is -2.47. The summed E-state index contributed by atoms with van der Waals surface area (Å²) in [4.78, 5) is 46.8. The molecule has 1 N–H and O–H groups in total. The molecular formula is C18H23NO6. The van der Waals surface area contributed by atoms with Gasteiger partial charge in [-0.1, -0.05) is 12.1 Å². The maximum absolute atomic E-state index is 12.2. The molecule has 136 valence electrons. The van der Waals surface area contributed by atoms with Gasteiger partial charge in [0.15, 0.2) is 11.9 Å². The van der Waals surface area contributed by atoms with Crippen molar-refractivity contribution >= 4 is 23.4 Å². The fourth-order valence-corrected chi connectivity index (χ4v) is 2.06. The Morgan fingerprint density at radius 3 is 2.40 bits per heavy atom. The fraction of sp³-hybridized carbons (Fsp3) is 0.444. The lowest BCUT2D eigenvalue weighted by Gasteiger charge is -2.20. The van der Waals surface area contributed by atoms with Crippen molar-refractivity contribution in [1.29, 1.82) is 0 Å². The largest absolute Gasteiger partial charge is 0.481 e. The second kappa shape index (κ2) is 9.56. The Balaban J connectivity index is 2.76. The third-order valence-electron chi connectivity index (χ3n) is 3.30. The Kier molecular flexibility index (Phi) is 7.78. The number of hydrogen-bond acceptors (Lipinski definition) is 6. The van der Waals surface area contributed by atoms with Gasteiger partial charge < -0.3 is 14.8 Å². The summed E-state index contributed by atoms with van der Waals surface area (Å²) in [5.74, 6) is -1.24. The molecule has 0 aliphatic rings. The molecule has 1 aromatic carbocycles. The van der Waals surface area contributed by atoms with E-state index in [1.54, 1.807) is 25.1 Å². The summed E-state index contributed by atoms with van der Waals surface area (Å²) in [5, 5.41) is 2.46. The molecule has 0 heterocycles. The molecule has 0 fully saturated rings. The molecule has 0 radical (unpaired) electrons. The summed E-state index contributed by atoms with van der Waals surface area (Å²) in [5.41, 5.74) is 0.464. The minimum atomic E-state index is -1.06. The maximum Gasteiger partial charge on any atom is 0.329 e. The Morgan fingerprint density at radius 2 is 1.84 bits per heavy atom. The number of Topliss-reactive ketones (excluding diaryl/α,β-unsaturated/α-hetero) is 2. The van der Waals surface area contributed by atoms with E-state index in [4.69, 9.17) is 9.47 Å². The van der Waals surface area contributed by atoms with Crippen LogP contribution >= 0.6 is 0 Å². The van der Waals surface area contributed by atoms with Gasteiger partial charge in [0, 0.05) is 12.0 Å². The molecule has 25 heavy (non-hydrogen) atoms. The topological polar surface area (TPSA) is 98.8 Å². The van der Waals surface area contributed by atoms with Gasteiger partial charge in [-0.25, -0.2) is 4.79 Å². The minimum absolute atomic E-state index is 0.119. The average molecular weight is 349 g/mol. The quantitative estimate of drug-likeness (QED) is 0.538. The minimum Gasteiger partial charge on any atom is -0.481 e. The normalized spacial score (nSPS) is 12.6. The SMILES string of the molecule is CCOC(=O)[C@H](CC(C)=O)NC(=O)[C@@H](C)Oc1cccc(C(C)=O)c1. The number of ketones is 2. The van der Waals surface area contributed by atoms with Gasteiger partial charge in [0.2, 0.25) is 0 Å². The van der Waals surface area contributed by atoms with Gasteiger partial charge in [-0.3, -0.25) is 14.4 Å². The van der Waals surface area contributed by atoms with Crippen molar-refractivity contribution in [2.75, 3.05) is 6.61 Å². The van der Waals surface area contributed by atoms with Crippen LogP contribution in [0.15, 0.2) is 24.3 Å². The average Bonchev–Trinajstić information content (AvgIpc) is 2.54. The van der Waals surface area contributed by atoms with Crippen molar-refractivity contribution in [3.05, 3.63) is 29.8 Å². The zero-order chi connectivity index (χ0) is 19.0. The van der Waals surface area contributed by atoms with E-state index in [-0.39, 0.29) is 24.6 Å². The van der Waals surface area contributed by atoms with Crippen LogP contribution in [0.4, 0.5) is 0 Å². The number of amides is 1. The number of carbonyl (C=O) groups excluding carboxylic acids is 4. The zero-order valence-electron chi connectivity index (χ0n) is 14.8. The van der Waals surface area contributed by atoms with E-state index in [9.17, 15) is 19.2 Å². The molecule has 0 bridgehead atoms. The molecule has 2 atom stereocenters. The highest BCUT2D eigenvalue weighted by atomic mass is 16.5. The van der Waals surface area contributed by atoms with Crippen molar-refractivity contribution in [2.45, 2.75) is 46.3 Å². The molecule has 1 aromatic rings. The van der Waals surface area contributed by atoms with E-state index in [0.29, 0.717) is 11.3 Å². The monoisotopic (exact) mass is 349 g/mol. The first-order valence-corrected chi connectivity index (χ1v) is 7.98. The Hall–Kier alpha value is -2.70. The lowest BCUT2D eigenvalue weighted by molar-refractivity contribution is -0.149. The first kappa shape index (κ1) is 20.3. The van der Waals surface area contributed by atoms with E-state index < -0.39 is 24.0 Å². The van der Waals surface area contributed by atoms with E-state index >= 15 is 0 Å². The van der Waals surface area contributed by atoms with Crippen molar-refractivity contribution < 1.29 is 28.7 Å². The Morgan fingerprint density at radius 1 is 1.16 bits per heavy atom. The summed E-state index contributed by atoms with van der Waals surface area (Å²) >= 11 is 0. The van der Waals surface area contributed by atoms with E-state index in [2.05, 4.69) is 5.32 Å². The zero-order valence-corrected chi connectivity index (χ0v) is 14.8. The van der Waals surface area contributed by atoms with E-state index in [1.807, 2.05) is 0 Å². The molecular weight excluding hydrogens is 326 g/mol. The van der Waals surface area contributed by atoms with Crippen LogP contribution in [0, 0.1) is 0 Å². The van der Waals surface area contributed by atoms with Crippen molar-refractivity contribution in [3.8, 4) is 5.75 Å². The summed E-state index contributed by atoms with van der Waals surface area (Å²) in [7, 11) is 0. The summed E-state index contributed by atoms with van der Waals surface area (Å²) in [6.07, 6.45) is -1.08. The standard InChI is InChI=1S/C18H23NO6/c1-5-24-18(23)16(9-11(2)20)19-17(22)13(4)25-15-8-6-7-14(10-15)12(3)21/h6-8,10,13,16H,5,9H2,1-4H3,(H,19,22)/t13-,16+/m1/s1. The van der Waals surface area contributed by atoms with Gasteiger partial charge in [-0.2, -0.15) is 0 Å². The van der Waals surface area contributed by atoms with Crippen LogP contribution in [0.2, 0.25) is 0 Å². The highest BCUT2D eigenvalue weighted by Gasteiger charge is 2.26. The first-order valence-electron chi connectivity index (χ1n) is 7.98. The molecule has 0 aromatic heterocycles. The fourth-order valence-electron chi connectivity index (χ4n) is 2.06. The van der Waals surface area contributed by atoms with Crippen molar-refractivity contribution in [3.63, 3.8) is 0 Å². The van der Waals surface area contributed by atoms with Gasteiger partial charge in [0.05, 0.1) is 6.61 Å². The highest BCUT2D eigenvalue weighted by Crippen LogP contribution is 2.15. The van der Waals surface area contributed by atoms with Crippen LogP contribution in [0.5, 0.6) is 5.75 Å². The molecule has 0 spiro atoms. The number of ether oxygens (including phenoxy) is 2. The molecule has 1 amide bonds. The maximum atomic E-state index is 12.2. The van der Waals surface area contributed by atoms with Gasteiger partial charge in [-0.15, -0.1) is 0 Å². The predicted molar refractivity (Wildman–Crippen MR) is 90.4 cm³/mol. The first-order chi connectivity index (χ1) is 11.7. The van der Waals surface area contributed by atoms with Crippen LogP contribution in [0.3, 0.4) is 0 Å². The van der Waals surface area contributed by atoms with Gasteiger partial charge in [0.25, 0.3) is 5.91 Å². The Bertz CT molecular complexity index is 655. The van der Waals surface area contributed by atoms with Crippen LogP contribution in [-0.2, 0) is 19.1 Å². The molecule has 1 rings (SSSR count). The number of carbonyl (C=O) groups is 4. The molecule has 0 unspecified atom stereocenters. The summed E-state index contributed by atoms with van der Waals surface area (Å²) in [6, 6.07) is 5.39. The van der Waals surface area contributed by atoms with Crippen LogP contribution in [-0.4, -0.2) is 42.2 Å². The number of benzene rings is 1. The van der Waals surface area contributed by atoms with E-state index in [1.165, 1.54) is 26.8 Å². The summed E-state index contributed by atoms with van der Waals surface area (Å²) < 4.78 is 10.4. The van der Waals surface area contributed by atoms with Gasteiger partial charge in [-0.05, 0) is 39.8 Å². The van der Waals surface area contributed by atoms with Gasteiger partial charge >= 0.3 is 5.97 Å². The number of nitrogens with one attached hydrogen (secondary N) is 1. The Labute approximate surface area is 146 Å². The third-order valence-corrected chi connectivity index (χ3v) is 3.30. The number of rotatable bonds is 9. The smallest absolute Gasteiger partial charge is 0.329 e. The summed E-state index contributed by atoms with van der Waals surface area (Å²) in [6.45, 7) is 6.05. The molecule has 0 saturated heterocycles. The van der Waals surface area contributed by atoms with Crippen LogP contribution in [0.25, 0.3) is 0 Å². The lowest BCUT2D eigenvalue weighted by atomic mass is 10.1. The molecule has 7 heteroatoms. The third kappa shape index (κ3) is 6.74. The molecule has 0 aliphatic carbocycles. The van der Waals surface area contributed by atoms with Crippen LogP contribution in [0.1, 0.15) is 44.5 Å². The molecule has 7 nitrogen and oxygen atoms in total. The number of hydrogen-bond donors (Lipinski definition) is 1. The van der Waals surface area contributed by atoms with Crippen molar-refractivity contribution in [1.82, 2.24) is 5.32 Å². The number of esters is 1. The molecule has 0 saturated carbocycles. The van der Waals surface area contributed by atoms with Crippen molar-refractivity contribution in [2.24, 2.45) is 0 Å². The van der Waals surface area contributed by atoms with Crippen LogP contribution < -0.4 is 10.1 Å². The highest BCUT2D eigenvalue weighted by molar-refractivity contribution is 5.94.